The normalized spacial score (nSPS) is 10.8. The van der Waals surface area contributed by atoms with Gasteiger partial charge in [0.25, 0.3) is 0 Å². The molecule has 7 heteroatoms. The SMILES string of the molecule is CCc1cc2c(NCC(=O)NCc3ccc(Cl)cc3)nc(C)nc2s1. The van der Waals surface area contributed by atoms with Crippen LogP contribution in [0.15, 0.2) is 30.3 Å². The fourth-order valence-electron chi connectivity index (χ4n) is 2.42. The van der Waals surface area contributed by atoms with Crippen LogP contribution >= 0.6 is 22.9 Å². The Labute approximate surface area is 155 Å². The molecule has 0 unspecified atom stereocenters. The van der Waals surface area contributed by atoms with Crippen LogP contribution in [0, 0.1) is 6.92 Å². The van der Waals surface area contributed by atoms with E-state index in [9.17, 15) is 4.79 Å². The summed E-state index contributed by atoms with van der Waals surface area (Å²) in [6.07, 6.45) is 0.959. The van der Waals surface area contributed by atoms with Crippen LogP contribution in [0.25, 0.3) is 10.2 Å². The molecule has 0 radical (unpaired) electrons. The van der Waals surface area contributed by atoms with Gasteiger partial charge in [-0.2, -0.15) is 0 Å². The molecule has 25 heavy (non-hydrogen) atoms. The second kappa shape index (κ2) is 7.80. The van der Waals surface area contributed by atoms with Gasteiger partial charge in [0.2, 0.25) is 5.91 Å². The predicted molar refractivity (Wildman–Crippen MR) is 103 cm³/mol. The number of nitrogens with zero attached hydrogens (tertiary/aromatic N) is 2. The highest BCUT2D eigenvalue weighted by Crippen LogP contribution is 2.29. The molecular weight excluding hydrogens is 356 g/mol. The Kier molecular flexibility index (Phi) is 5.50. The second-order valence-electron chi connectivity index (χ2n) is 5.66. The van der Waals surface area contributed by atoms with E-state index in [4.69, 9.17) is 11.6 Å². The molecule has 0 spiro atoms. The van der Waals surface area contributed by atoms with E-state index in [1.54, 1.807) is 11.3 Å². The molecule has 130 valence electrons. The first-order chi connectivity index (χ1) is 12.0. The number of anilines is 1. The lowest BCUT2D eigenvalue weighted by Gasteiger charge is -2.09. The second-order valence-corrected chi connectivity index (χ2v) is 7.21. The highest BCUT2D eigenvalue weighted by molar-refractivity contribution is 7.18. The lowest BCUT2D eigenvalue weighted by Crippen LogP contribution is -2.29. The van der Waals surface area contributed by atoms with Gasteiger partial charge in [0.1, 0.15) is 16.5 Å². The van der Waals surface area contributed by atoms with Crippen LogP contribution in [-0.2, 0) is 17.8 Å². The van der Waals surface area contributed by atoms with Gasteiger partial charge in [-0.1, -0.05) is 30.7 Å². The van der Waals surface area contributed by atoms with Gasteiger partial charge >= 0.3 is 0 Å². The summed E-state index contributed by atoms with van der Waals surface area (Å²) < 4.78 is 0. The number of carbonyl (C=O) groups excluding carboxylic acids is 1. The summed E-state index contributed by atoms with van der Waals surface area (Å²) in [4.78, 5) is 23.2. The molecule has 0 aliphatic heterocycles. The molecule has 0 saturated carbocycles. The Hall–Kier alpha value is -2.18. The van der Waals surface area contributed by atoms with Gasteiger partial charge in [-0.05, 0) is 37.1 Å². The third-order valence-electron chi connectivity index (χ3n) is 3.72. The highest BCUT2D eigenvalue weighted by atomic mass is 35.5. The Morgan fingerprint density at radius 3 is 2.72 bits per heavy atom. The van der Waals surface area contributed by atoms with E-state index in [-0.39, 0.29) is 12.5 Å². The lowest BCUT2D eigenvalue weighted by atomic mass is 10.2. The van der Waals surface area contributed by atoms with Crippen molar-refractivity contribution in [2.45, 2.75) is 26.8 Å². The maximum atomic E-state index is 12.1. The fraction of sp³-hybridized carbons (Fsp3) is 0.278. The molecule has 2 heterocycles. The molecule has 2 N–H and O–H groups in total. The third kappa shape index (κ3) is 4.46. The molecule has 0 bridgehead atoms. The topological polar surface area (TPSA) is 66.9 Å². The van der Waals surface area contributed by atoms with Crippen molar-refractivity contribution >= 4 is 44.9 Å². The van der Waals surface area contributed by atoms with Crippen LogP contribution < -0.4 is 10.6 Å². The lowest BCUT2D eigenvalue weighted by molar-refractivity contribution is -0.119. The number of thiophene rings is 1. The first kappa shape index (κ1) is 17.6. The van der Waals surface area contributed by atoms with Crippen molar-refractivity contribution in [3.05, 3.63) is 51.6 Å². The molecule has 5 nitrogen and oxygen atoms in total. The summed E-state index contributed by atoms with van der Waals surface area (Å²) in [6.45, 7) is 4.60. The van der Waals surface area contributed by atoms with E-state index in [0.29, 0.717) is 23.2 Å². The Bertz CT molecular complexity index is 892. The summed E-state index contributed by atoms with van der Waals surface area (Å²) in [6, 6.07) is 9.50. The Morgan fingerprint density at radius 1 is 1.24 bits per heavy atom. The number of fused-ring (bicyclic) bond motifs is 1. The molecule has 0 aliphatic carbocycles. The van der Waals surface area contributed by atoms with Gasteiger partial charge in [0.15, 0.2) is 0 Å². The van der Waals surface area contributed by atoms with E-state index >= 15 is 0 Å². The van der Waals surface area contributed by atoms with Gasteiger partial charge in [-0.25, -0.2) is 9.97 Å². The minimum Gasteiger partial charge on any atom is -0.360 e. The molecule has 3 rings (SSSR count). The number of carbonyl (C=O) groups is 1. The number of aromatic nitrogens is 2. The molecule has 0 aliphatic rings. The molecule has 3 aromatic rings. The van der Waals surface area contributed by atoms with Crippen molar-refractivity contribution in [1.82, 2.24) is 15.3 Å². The Morgan fingerprint density at radius 2 is 2.00 bits per heavy atom. The summed E-state index contributed by atoms with van der Waals surface area (Å²) in [5, 5.41) is 7.67. The van der Waals surface area contributed by atoms with Gasteiger partial charge in [-0.3, -0.25) is 4.79 Å². The predicted octanol–water partition coefficient (Wildman–Crippen LogP) is 3.94. The smallest absolute Gasteiger partial charge is 0.239 e. The first-order valence-corrected chi connectivity index (χ1v) is 9.26. The monoisotopic (exact) mass is 374 g/mol. The quantitative estimate of drug-likeness (QED) is 0.685. The van der Waals surface area contributed by atoms with Crippen molar-refractivity contribution in [1.29, 1.82) is 0 Å². The Balaban J connectivity index is 1.62. The van der Waals surface area contributed by atoms with Gasteiger partial charge < -0.3 is 10.6 Å². The van der Waals surface area contributed by atoms with Crippen LogP contribution in [-0.4, -0.2) is 22.4 Å². The van der Waals surface area contributed by atoms with Crippen LogP contribution in [0.4, 0.5) is 5.82 Å². The maximum Gasteiger partial charge on any atom is 0.239 e. The minimum absolute atomic E-state index is 0.0923. The number of benzene rings is 1. The standard InChI is InChI=1S/C18H19ClN4OS/c1-3-14-8-15-17(22-11(2)23-18(15)25-14)21-10-16(24)20-9-12-4-6-13(19)7-5-12/h4-8H,3,9-10H2,1-2H3,(H,20,24)(H,21,22,23). The van der Waals surface area contributed by atoms with Gasteiger partial charge in [-0.15, -0.1) is 11.3 Å². The number of hydrogen-bond acceptors (Lipinski definition) is 5. The van der Waals surface area contributed by atoms with Gasteiger partial charge in [0.05, 0.1) is 11.9 Å². The van der Waals surface area contributed by atoms with Crippen LogP contribution in [0.2, 0.25) is 5.02 Å². The highest BCUT2D eigenvalue weighted by Gasteiger charge is 2.11. The van der Waals surface area contributed by atoms with E-state index < -0.39 is 0 Å². The molecule has 0 fully saturated rings. The average molecular weight is 375 g/mol. The number of halogens is 1. The molecule has 1 aromatic carbocycles. The molecular formula is C18H19ClN4OS. The minimum atomic E-state index is -0.0923. The first-order valence-electron chi connectivity index (χ1n) is 8.07. The number of nitrogens with one attached hydrogen (secondary N) is 2. The maximum absolute atomic E-state index is 12.1. The number of rotatable bonds is 6. The van der Waals surface area contributed by atoms with Crippen LogP contribution in [0.3, 0.4) is 0 Å². The van der Waals surface area contributed by atoms with E-state index in [2.05, 4.69) is 33.6 Å². The van der Waals surface area contributed by atoms with Crippen molar-refractivity contribution in [2.24, 2.45) is 0 Å². The fourth-order valence-corrected chi connectivity index (χ4v) is 3.56. The van der Waals surface area contributed by atoms with Crippen molar-refractivity contribution in [2.75, 3.05) is 11.9 Å². The van der Waals surface area contributed by atoms with Crippen molar-refractivity contribution < 1.29 is 4.79 Å². The number of amides is 1. The van der Waals surface area contributed by atoms with Crippen molar-refractivity contribution in [3.8, 4) is 0 Å². The number of hydrogen-bond donors (Lipinski definition) is 2. The van der Waals surface area contributed by atoms with E-state index in [1.165, 1.54) is 4.88 Å². The molecule has 0 atom stereocenters. The van der Waals surface area contributed by atoms with Crippen molar-refractivity contribution in [3.63, 3.8) is 0 Å². The van der Waals surface area contributed by atoms with E-state index in [1.807, 2.05) is 31.2 Å². The van der Waals surface area contributed by atoms with E-state index in [0.717, 1.165) is 22.2 Å². The molecule has 0 saturated heterocycles. The third-order valence-corrected chi connectivity index (χ3v) is 5.15. The summed E-state index contributed by atoms with van der Waals surface area (Å²) in [7, 11) is 0. The van der Waals surface area contributed by atoms with Crippen LogP contribution in [0.1, 0.15) is 23.2 Å². The largest absolute Gasteiger partial charge is 0.360 e. The molecule has 1 amide bonds. The van der Waals surface area contributed by atoms with Crippen LogP contribution in [0.5, 0.6) is 0 Å². The zero-order valence-corrected chi connectivity index (χ0v) is 15.7. The summed E-state index contributed by atoms with van der Waals surface area (Å²) >= 11 is 7.52. The summed E-state index contributed by atoms with van der Waals surface area (Å²) in [5.41, 5.74) is 1.00. The average Bonchev–Trinajstić information content (AvgIpc) is 3.02. The number of aryl methyl sites for hydroxylation is 2. The molecule has 2 aromatic heterocycles. The zero-order valence-electron chi connectivity index (χ0n) is 14.1. The zero-order chi connectivity index (χ0) is 17.8. The van der Waals surface area contributed by atoms with Gasteiger partial charge in [0, 0.05) is 16.4 Å². The summed E-state index contributed by atoms with van der Waals surface area (Å²) in [5.74, 6) is 1.31.